The molecule has 0 aliphatic carbocycles. The van der Waals surface area contributed by atoms with Gasteiger partial charge in [0.1, 0.15) is 5.75 Å². The van der Waals surface area contributed by atoms with Crippen LogP contribution in [0.25, 0.3) is 0 Å². The summed E-state index contributed by atoms with van der Waals surface area (Å²) in [5.74, 6) is -0.155. The molecule has 3 heterocycles. The fraction of sp³-hybridized carbons (Fsp3) is 0.286. The summed E-state index contributed by atoms with van der Waals surface area (Å²) < 4.78 is 5.57. The molecular weight excluding hydrogens is 426 g/mol. The summed E-state index contributed by atoms with van der Waals surface area (Å²) in [5, 5.41) is 4.44. The van der Waals surface area contributed by atoms with Gasteiger partial charge in [0.2, 0.25) is 5.91 Å². The van der Waals surface area contributed by atoms with E-state index in [-0.39, 0.29) is 17.9 Å². The van der Waals surface area contributed by atoms with Gasteiger partial charge in [-0.05, 0) is 48.7 Å². The molecule has 3 aromatic carbocycles. The zero-order valence-electron chi connectivity index (χ0n) is 19.1. The van der Waals surface area contributed by atoms with Crippen molar-refractivity contribution in [2.24, 2.45) is 5.92 Å². The number of imide groups is 1. The van der Waals surface area contributed by atoms with Crippen molar-refractivity contribution in [1.29, 1.82) is 0 Å². The average molecular weight is 454 g/mol. The van der Waals surface area contributed by atoms with E-state index in [9.17, 15) is 9.59 Å². The predicted octanol–water partition coefficient (Wildman–Crippen LogP) is 4.15. The van der Waals surface area contributed by atoms with Gasteiger partial charge in [-0.25, -0.2) is 14.9 Å². The Kier molecular flexibility index (Phi) is 5.01. The number of hydrogen-bond acceptors (Lipinski definition) is 5. The molecule has 2 amide bonds. The minimum atomic E-state index is -1.06. The van der Waals surface area contributed by atoms with Crippen LogP contribution in [0.4, 0.5) is 5.69 Å². The molecule has 3 aliphatic rings. The molecular formula is C28H27N3O3. The first-order chi connectivity index (χ1) is 16.7. The molecule has 0 aromatic heterocycles. The van der Waals surface area contributed by atoms with Gasteiger partial charge in [-0.2, -0.15) is 0 Å². The Balaban J connectivity index is 1.54. The molecule has 172 valence electrons. The van der Waals surface area contributed by atoms with Crippen molar-refractivity contribution in [3.8, 4) is 5.75 Å². The lowest BCUT2D eigenvalue weighted by Gasteiger charge is -2.36. The van der Waals surface area contributed by atoms with Gasteiger partial charge < -0.3 is 4.74 Å². The summed E-state index contributed by atoms with van der Waals surface area (Å²) in [6, 6.07) is 27.0. The largest absolute Gasteiger partial charge is 0.494 e. The van der Waals surface area contributed by atoms with E-state index in [1.807, 2.05) is 67.6 Å². The van der Waals surface area contributed by atoms with Gasteiger partial charge in [-0.1, -0.05) is 60.7 Å². The van der Waals surface area contributed by atoms with E-state index in [1.165, 1.54) is 4.90 Å². The highest BCUT2D eigenvalue weighted by Crippen LogP contribution is 2.59. The minimum absolute atomic E-state index is 0.152. The summed E-state index contributed by atoms with van der Waals surface area (Å²) >= 11 is 0. The van der Waals surface area contributed by atoms with Gasteiger partial charge in [-0.3, -0.25) is 9.59 Å². The lowest BCUT2D eigenvalue weighted by Crippen LogP contribution is -2.52. The van der Waals surface area contributed by atoms with Gasteiger partial charge in [-0.15, -0.1) is 0 Å². The molecule has 34 heavy (non-hydrogen) atoms. The van der Waals surface area contributed by atoms with Crippen molar-refractivity contribution in [3.63, 3.8) is 0 Å². The van der Waals surface area contributed by atoms with E-state index in [0.29, 0.717) is 12.3 Å². The van der Waals surface area contributed by atoms with Crippen LogP contribution < -0.4 is 9.64 Å². The second-order valence-corrected chi connectivity index (χ2v) is 9.01. The molecule has 6 nitrogen and oxygen atoms in total. The van der Waals surface area contributed by atoms with Crippen LogP contribution in [0.3, 0.4) is 0 Å². The quantitative estimate of drug-likeness (QED) is 0.544. The number of ether oxygens (including phenoxy) is 1. The maximum absolute atomic E-state index is 14.5. The van der Waals surface area contributed by atoms with E-state index >= 15 is 0 Å². The Hall–Kier alpha value is -3.48. The highest BCUT2D eigenvalue weighted by atomic mass is 16.5. The zero-order chi connectivity index (χ0) is 23.3. The Morgan fingerprint density at radius 3 is 2.24 bits per heavy atom. The van der Waals surface area contributed by atoms with Crippen molar-refractivity contribution >= 4 is 17.5 Å². The summed E-state index contributed by atoms with van der Waals surface area (Å²) in [5.41, 5.74) is 1.46. The molecule has 3 saturated heterocycles. The van der Waals surface area contributed by atoms with E-state index in [4.69, 9.17) is 4.74 Å². The molecule has 3 aliphatic heterocycles. The van der Waals surface area contributed by atoms with Crippen molar-refractivity contribution in [2.75, 3.05) is 24.6 Å². The van der Waals surface area contributed by atoms with Gasteiger partial charge >= 0.3 is 0 Å². The molecule has 0 bridgehead atoms. The maximum atomic E-state index is 14.5. The molecule has 3 fully saturated rings. The lowest BCUT2D eigenvalue weighted by molar-refractivity contribution is -0.134. The molecule has 6 rings (SSSR count). The van der Waals surface area contributed by atoms with Crippen LogP contribution in [0.5, 0.6) is 5.75 Å². The van der Waals surface area contributed by atoms with Crippen LogP contribution >= 0.6 is 0 Å². The van der Waals surface area contributed by atoms with Crippen LogP contribution in [-0.2, 0) is 15.1 Å². The fourth-order valence-electron chi connectivity index (χ4n) is 6.09. The monoisotopic (exact) mass is 453 g/mol. The summed E-state index contributed by atoms with van der Waals surface area (Å²) in [7, 11) is 0. The second-order valence-electron chi connectivity index (χ2n) is 9.01. The summed E-state index contributed by atoms with van der Waals surface area (Å²) in [4.78, 5) is 30.1. The number of anilines is 1. The molecule has 3 atom stereocenters. The number of carbonyl (C=O) groups is 2. The highest BCUT2D eigenvalue weighted by molar-refractivity contribution is 6.26. The average Bonchev–Trinajstić information content (AvgIpc) is 3.52. The van der Waals surface area contributed by atoms with Gasteiger partial charge in [0.05, 0.1) is 24.3 Å². The highest BCUT2D eigenvalue weighted by Gasteiger charge is 2.73. The number of carbonyl (C=O) groups excluding carboxylic acids is 2. The number of hydrazine groups is 1. The standard InChI is InChI=1S/C28H27N3O3/c1-2-34-23-16-14-22(15-17-23)31-26(32)24-25(20-10-5-3-6-11-20)29-18-9-19-30(29)28(24,27(31)33)21-12-7-4-8-13-21/h3-8,10-17,24-25H,2,9,18-19H2,1H3/t24-,25-,28+/m0/s1. The molecule has 6 heteroatoms. The van der Waals surface area contributed by atoms with Crippen molar-refractivity contribution in [3.05, 3.63) is 96.1 Å². The SMILES string of the molecule is CCOc1ccc(N2C(=O)[C@@H]3[C@H](c4ccccc4)N4CCCN4[C@@]3(c3ccccc3)C2=O)cc1. The van der Waals surface area contributed by atoms with E-state index in [0.717, 1.165) is 36.4 Å². The van der Waals surface area contributed by atoms with Gasteiger partial charge in [0.25, 0.3) is 5.91 Å². The molecule has 0 N–H and O–H groups in total. The Bertz CT molecular complexity index is 1210. The maximum Gasteiger partial charge on any atom is 0.261 e. The van der Waals surface area contributed by atoms with Crippen molar-refractivity contribution in [2.45, 2.75) is 24.9 Å². The molecule has 0 spiro atoms. The van der Waals surface area contributed by atoms with Crippen LogP contribution in [0.1, 0.15) is 30.5 Å². The number of fused-ring (bicyclic) bond motifs is 3. The number of benzene rings is 3. The van der Waals surface area contributed by atoms with Gasteiger partial charge in [0, 0.05) is 13.1 Å². The predicted molar refractivity (Wildman–Crippen MR) is 129 cm³/mol. The van der Waals surface area contributed by atoms with Crippen LogP contribution in [0.15, 0.2) is 84.9 Å². The fourth-order valence-corrected chi connectivity index (χ4v) is 6.09. The number of rotatable bonds is 5. The van der Waals surface area contributed by atoms with E-state index < -0.39 is 11.5 Å². The van der Waals surface area contributed by atoms with Crippen LogP contribution in [-0.4, -0.2) is 41.5 Å². The van der Waals surface area contributed by atoms with Crippen LogP contribution in [0.2, 0.25) is 0 Å². The van der Waals surface area contributed by atoms with Gasteiger partial charge in [0.15, 0.2) is 5.54 Å². The lowest BCUT2D eigenvalue weighted by atomic mass is 9.75. The third-order valence-electron chi connectivity index (χ3n) is 7.34. The van der Waals surface area contributed by atoms with E-state index in [1.54, 1.807) is 12.1 Å². The first kappa shape index (κ1) is 21.1. The Morgan fingerprint density at radius 2 is 1.56 bits per heavy atom. The third-order valence-corrected chi connectivity index (χ3v) is 7.34. The minimum Gasteiger partial charge on any atom is -0.494 e. The first-order valence-corrected chi connectivity index (χ1v) is 11.9. The van der Waals surface area contributed by atoms with Crippen molar-refractivity contribution < 1.29 is 14.3 Å². The molecule has 0 radical (unpaired) electrons. The second kappa shape index (κ2) is 8.08. The smallest absolute Gasteiger partial charge is 0.261 e. The third kappa shape index (κ3) is 2.82. The van der Waals surface area contributed by atoms with E-state index in [2.05, 4.69) is 22.2 Å². The zero-order valence-corrected chi connectivity index (χ0v) is 19.1. The number of nitrogens with zero attached hydrogens (tertiary/aromatic N) is 3. The number of hydrogen-bond donors (Lipinski definition) is 0. The van der Waals surface area contributed by atoms with Crippen LogP contribution in [0, 0.1) is 5.92 Å². The number of amides is 2. The Morgan fingerprint density at radius 1 is 0.882 bits per heavy atom. The first-order valence-electron chi connectivity index (χ1n) is 11.9. The topological polar surface area (TPSA) is 53.1 Å². The van der Waals surface area contributed by atoms with Crippen molar-refractivity contribution in [1.82, 2.24) is 10.0 Å². The summed E-state index contributed by atoms with van der Waals surface area (Å²) in [6.07, 6.45) is 0.954. The summed E-state index contributed by atoms with van der Waals surface area (Å²) in [6.45, 7) is 4.06. The molecule has 0 saturated carbocycles. The Labute approximate surface area is 199 Å². The normalized spacial score (nSPS) is 26.7. The molecule has 0 unspecified atom stereocenters. The molecule has 3 aromatic rings.